The summed E-state index contributed by atoms with van der Waals surface area (Å²) in [5, 5.41) is 8.73. The van der Waals surface area contributed by atoms with Crippen molar-refractivity contribution < 1.29 is 18.3 Å². The van der Waals surface area contributed by atoms with E-state index in [0.29, 0.717) is 0 Å². The van der Waals surface area contributed by atoms with Crippen LogP contribution in [0.4, 0.5) is 20.5 Å². The third kappa shape index (κ3) is 3.65. The lowest BCUT2D eigenvalue weighted by Gasteiger charge is -2.07. The number of benzene rings is 1. The van der Waals surface area contributed by atoms with Crippen LogP contribution in [0.5, 0.6) is 5.75 Å². The predicted molar refractivity (Wildman–Crippen MR) is 82.8 cm³/mol. The van der Waals surface area contributed by atoms with E-state index in [1.165, 1.54) is 30.6 Å². The average Bonchev–Trinajstić information content (AvgIpc) is 3.03. The number of aromatic nitrogens is 5. The normalized spacial score (nSPS) is 10.7. The van der Waals surface area contributed by atoms with E-state index in [9.17, 15) is 13.6 Å². The molecule has 0 spiro atoms. The number of hydrogen-bond acceptors (Lipinski definition) is 7. The average molecular weight is 347 g/mol. The summed E-state index contributed by atoms with van der Waals surface area (Å²) in [5.74, 6) is -0.736. The van der Waals surface area contributed by atoms with E-state index in [-0.39, 0.29) is 34.6 Å². The summed E-state index contributed by atoms with van der Waals surface area (Å²) >= 11 is 0. The maximum atomic E-state index is 12.5. The molecular weight excluding hydrogens is 336 g/mol. The van der Waals surface area contributed by atoms with Gasteiger partial charge in [0, 0.05) is 12.4 Å². The second-order valence-electron chi connectivity index (χ2n) is 4.63. The number of anilines is 2. The van der Waals surface area contributed by atoms with Gasteiger partial charge < -0.3 is 10.5 Å². The second kappa shape index (κ2) is 6.86. The molecule has 0 radical (unpaired) electrons. The van der Waals surface area contributed by atoms with E-state index in [1.807, 2.05) is 0 Å². The zero-order valence-electron chi connectivity index (χ0n) is 12.5. The second-order valence-corrected chi connectivity index (χ2v) is 4.63. The molecule has 0 aliphatic heterocycles. The van der Waals surface area contributed by atoms with Gasteiger partial charge in [-0.2, -0.15) is 13.8 Å². The summed E-state index contributed by atoms with van der Waals surface area (Å²) in [5.41, 5.74) is 5.74. The van der Waals surface area contributed by atoms with Crippen LogP contribution in [0.2, 0.25) is 0 Å². The van der Waals surface area contributed by atoms with Gasteiger partial charge in [-0.15, -0.1) is 5.10 Å². The zero-order chi connectivity index (χ0) is 17.8. The van der Waals surface area contributed by atoms with E-state index < -0.39 is 12.5 Å². The van der Waals surface area contributed by atoms with Gasteiger partial charge >= 0.3 is 6.61 Å². The third-order valence-corrected chi connectivity index (χ3v) is 3.01. The van der Waals surface area contributed by atoms with Crippen molar-refractivity contribution in [2.24, 2.45) is 0 Å². The standard InChI is InChI=1S/C14H11F2N7O2/c15-13(16)25-8-4-2-1-3-7(8)11-20-14(23-22-11)21-12(24)9-10(17)19-6-5-18-9/h1-6,13H,(H2,17,19)(H2,20,21,22,23,24). The predicted octanol–water partition coefficient (Wildman–Crippen LogP) is 1.70. The molecule has 0 atom stereocenters. The van der Waals surface area contributed by atoms with Gasteiger partial charge in [0.1, 0.15) is 5.75 Å². The number of aromatic amines is 1. The van der Waals surface area contributed by atoms with E-state index in [2.05, 4.69) is 35.2 Å². The Kier molecular flexibility index (Phi) is 4.46. The highest BCUT2D eigenvalue weighted by Crippen LogP contribution is 2.28. The molecule has 0 bridgehead atoms. The first kappa shape index (κ1) is 16.2. The monoisotopic (exact) mass is 347 g/mol. The van der Waals surface area contributed by atoms with Crippen LogP contribution in [-0.2, 0) is 0 Å². The highest BCUT2D eigenvalue weighted by atomic mass is 19.3. The Labute approximate surface area is 139 Å². The molecule has 0 saturated carbocycles. The number of nitrogens with two attached hydrogens (primary N) is 1. The summed E-state index contributed by atoms with van der Waals surface area (Å²) in [6.45, 7) is -2.98. The number of rotatable bonds is 5. The van der Waals surface area contributed by atoms with Crippen LogP contribution in [0.25, 0.3) is 11.4 Å². The van der Waals surface area contributed by atoms with Gasteiger partial charge in [-0.1, -0.05) is 12.1 Å². The molecule has 4 N–H and O–H groups in total. The van der Waals surface area contributed by atoms with E-state index in [4.69, 9.17) is 5.73 Å². The van der Waals surface area contributed by atoms with E-state index >= 15 is 0 Å². The Morgan fingerprint density at radius 2 is 2.00 bits per heavy atom. The molecule has 2 heterocycles. The number of halogens is 2. The van der Waals surface area contributed by atoms with Gasteiger partial charge in [-0.05, 0) is 12.1 Å². The van der Waals surface area contributed by atoms with Gasteiger partial charge in [0.15, 0.2) is 17.3 Å². The van der Waals surface area contributed by atoms with Crippen LogP contribution in [0.1, 0.15) is 10.5 Å². The third-order valence-electron chi connectivity index (χ3n) is 3.01. The molecule has 128 valence electrons. The number of H-pyrrole nitrogens is 1. The fourth-order valence-electron chi connectivity index (χ4n) is 1.98. The highest BCUT2D eigenvalue weighted by molar-refractivity contribution is 6.04. The minimum absolute atomic E-state index is 0.0496. The van der Waals surface area contributed by atoms with Gasteiger partial charge in [0.2, 0.25) is 5.95 Å². The fourth-order valence-corrected chi connectivity index (χ4v) is 1.98. The van der Waals surface area contributed by atoms with Crippen molar-refractivity contribution >= 4 is 17.7 Å². The molecule has 25 heavy (non-hydrogen) atoms. The lowest BCUT2D eigenvalue weighted by atomic mass is 10.2. The molecule has 0 aliphatic carbocycles. The maximum Gasteiger partial charge on any atom is 0.387 e. The topological polar surface area (TPSA) is 132 Å². The number of amides is 1. The molecule has 3 aromatic rings. The van der Waals surface area contributed by atoms with Crippen molar-refractivity contribution in [3.63, 3.8) is 0 Å². The number of alkyl halides is 2. The maximum absolute atomic E-state index is 12.5. The van der Waals surface area contributed by atoms with Crippen LogP contribution in [-0.4, -0.2) is 37.7 Å². The molecule has 0 aliphatic rings. The number of nitrogens with one attached hydrogen (secondary N) is 2. The zero-order valence-corrected chi connectivity index (χ0v) is 12.5. The molecule has 1 amide bonds. The van der Waals surface area contributed by atoms with Crippen LogP contribution >= 0.6 is 0 Å². The molecule has 2 aromatic heterocycles. The first-order valence-corrected chi connectivity index (χ1v) is 6.89. The Morgan fingerprint density at radius 3 is 2.76 bits per heavy atom. The van der Waals surface area contributed by atoms with Crippen LogP contribution in [0.3, 0.4) is 0 Å². The number of carbonyl (C=O) groups excluding carboxylic acids is 1. The van der Waals surface area contributed by atoms with Crippen molar-refractivity contribution in [3.8, 4) is 17.1 Å². The number of ether oxygens (including phenoxy) is 1. The molecule has 3 rings (SSSR count). The Hall–Kier alpha value is -3.63. The summed E-state index contributed by atoms with van der Waals surface area (Å²) in [6, 6.07) is 6.04. The van der Waals surface area contributed by atoms with Gasteiger partial charge in [0.25, 0.3) is 5.91 Å². The molecule has 1 aromatic carbocycles. The lowest BCUT2D eigenvalue weighted by molar-refractivity contribution is -0.0494. The van der Waals surface area contributed by atoms with Gasteiger partial charge in [-0.3, -0.25) is 15.2 Å². The quantitative estimate of drug-likeness (QED) is 0.640. The molecule has 0 unspecified atom stereocenters. The van der Waals surface area contributed by atoms with Gasteiger partial charge in [-0.25, -0.2) is 9.97 Å². The number of nitrogens with zero attached hydrogens (tertiary/aromatic N) is 4. The molecular formula is C14H11F2N7O2. The SMILES string of the molecule is Nc1nccnc1C(=O)Nc1n[nH]c(-c2ccccc2OC(F)F)n1. The summed E-state index contributed by atoms with van der Waals surface area (Å²) in [7, 11) is 0. The summed E-state index contributed by atoms with van der Waals surface area (Å²) < 4.78 is 29.4. The highest BCUT2D eigenvalue weighted by Gasteiger charge is 2.17. The number of carbonyl (C=O) groups is 1. The van der Waals surface area contributed by atoms with E-state index in [1.54, 1.807) is 6.07 Å². The van der Waals surface area contributed by atoms with Crippen LogP contribution in [0.15, 0.2) is 36.7 Å². The first-order chi connectivity index (χ1) is 12.0. The summed E-state index contributed by atoms with van der Waals surface area (Å²) in [6.07, 6.45) is 2.66. The van der Waals surface area contributed by atoms with Crippen molar-refractivity contribution in [2.75, 3.05) is 11.1 Å². The van der Waals surface area contributed by atoms with E-state index in [0.717, 1.165) is 0 Å². The lowest BCUT2D eigenvalue weighted by Crippen LogP contribution is -2.17. The molecule has 0 fully saturated rings. The largest absolute Gasteiger partial charge is 0.434 e. The van der Waals surface area contributed by atoms with Crippen molar-refractivity contribution in [1.82, 2.24) is 25.1 Å². The molecule has 11 heteroatoms. The Morgan fingerprint density at radius 1 is 1.24 bits per heavy atom. The number of hydrogen-bond donors (Lipinski definition) is 3. The minimum atomic E-state index is -2.98. The van der Waals surface area contributed by atoms with Crippen molar-refractivity contribution in [2.45, 2.75) is 6.61 Å². The van der Waals surface area contributed by atoms with Crippen LogP contribution in [0, 0.1) is 0 Å². The molecule has 0 saturated heterocycles. The Bertz CT molecular complexity index is 900. The molecule has 9 nitrogen and oxygen atoms in total. The summed E-state index contributed by atoms with van der Waals surface area (Å²) in [4.78, 5) is 23.7. The van der Waals surface area contributed by atoms with Crippen LogP contribution < -0.4 is 15.8 Å². The first-order valence-electron chi connectivity index (χ1n) is 6.89. The fraction of sp³-hybridized carbons (Fsp3) is 0.0714. The minimum Gasteiger partial charge on any atom is -0.434 e. The number of nitrogen functional groups attached to an aromatic ring is 1. The Balaban J connectivity index is 1.82. The smallest absolute Gasteiger partial charge is 0.387 e. The van der Waals surface area contributed by atoms with Crippen molar-refractivity contribution in [3.05, 3.63) is 42.4 Å². The van der Waals surface area contributed by atoms with Crippen molar-refractivity contribution in [1.29, 1.82) is 0 Å². The van der Waals surface area contributed by atoms with Gasteiger partial charge in [0.05, 0.1) is 5.56 Å². The number of para-hydroxylation sites is 1.